The first-order chi connectivity index (χ1) is 10.4. The number of ether oxygens (including phenoxy) is 2. The Bertz CT molecular complexity index is 697. The lowest BCUT2D eigenvalue weighted by molar-refractivity contribution is 0.247. The van der Waals surface area contributed by atoms with Crippen LogP contribution in [0.4, 0.5) is 0 Å². The van der Waals surface area contributed by atoms with Crippen LogP contribution in [0.3, 0.4) is 0 Å². The third-order valence-corrected chi connectivity index (χ3v) is 4.34. The number of benzene rings is 2. The molecule has 0 aromatic heterocycles. The number of nitrogens with one attached hydrogen (secondary N) is 1. The molecule has 0 saturated heterocycles. The van der Waals surface area contributed by atoms with Gasteiger partial charge in [-0.2, -0.15) is 0 Å². The van der Waals surface area contributed by atoms with E-state index in [0.717, 1.165) is 12.2 Å². The molecule has 118 valence electrons. The summed E-state index contributed by atoms with van der Waals surface area (Å²) in [6.07, 6.45) is 2.14. The van der Waals surface area contributed by atoms with Crippen molar-refractivity contribution in [3.8, 4) is 11.5 Å². The van der Waals surface area contributed by atoms with Crippen molar-refractivity contribution in [1.82, 2.24) is 0 Å². The third-order valence-electron chi connectivity index (χ3n) is 2.91. The fraction of sp³-hybridized carbons (Fsp3) is 0.250. The highest BCUT2D eigenvalue weighted by Gasteiger charge is 2.03. The maximum Gasteiger partial charge on any atom is 0.119 e. The summed E-state index contributed by atoms with van der Waals surface area (Å²) in [6.45, 7) is 1.07. The Hall–Kier alpha value is -1.72. The minimum atomic E-state index is -2.67. The maximum absolute atomic E-state index is 11.6. The zero-order valence-corrected chi connectivity index (χ0v) is 13.8. The van der Waals surface area contributed by atoms with E-state index in [1.54, 1.807) is 36.4 Å². The molecule has 0 fully saturated rings. The van der Waals surface area contributed by atoms with Crippen LogP contribution in [0, 0.1) is 4.78 Å². The fourth-order valence-corrected chi connectivity index (χ4v) is 2.55. The molecule has 4 nitrogen and oxygen atoms in total. The highest BCUT2D eigenvalue weighted by Crippen LogP contribution is 2.17. The van der Waals surface area contributed by atoms with Crippen LogP contribution in [0.1, 0.15) is 6.42 Å². The smallest absolute Gasteiger partial charge is 0.119 e. The Morgan fingerprint density at radius 3 is 1.86 bits per heavy atom. The van der Waals surface area contributed by atoms with Crippen LogP contribution < -0.4 is 9.47 Å². The van der Waals surface area contributed by atoms with Crippen LogP contribution in [0.25, 0.3) is 0 Å². The predicted octanol–water partition coefficient (Wildman–Crippen LogP) is 4.22. The lowest BCUT2D eigenvalue weighted by Gasteiger charge is -2.09. The molecule has 0 aliphatic carbocycles. The van der Waals surface area contributed by atoms with E-state index in [4.69, 9.17) is 25.9 Å². The first-order valence-corrected chi connectivity index (χ1v) is 9.14. The van der Waals surface area contributed by atoms with Gasteiger partial charge in [-0.25, -0.2) is 8.99 Å². The maximum atomic E-state index is 11.6. The van der Waals surface area contributed by atoms with Gasteiger partial charge in [-0.3, -0.25) is 0 Å². The average Bonchev–Trinajstić information content (AvgIpc) is 2.48. The first kappa shape index (κ1) is 16.6. The fourth-order valence-electron chi connectivity index (χ4n) is 1.77. The van der Waals surface area contributed by atoms with Crippen LogP contribution in [-0.4, -0.2) is 23.7 Å². The number of hydrogen-bond donors (Lipinski definition) is 1. The van der Waals surface area contributed by atoms with Gasteiger partial charge in [-0.1, -0.05) is 11.6 Å². The van der Waals surface area contributed by atoms with Gasteiger partial charge in [-0.15, -0.1) is 0 Å². The van der Waals surface area contributed by atoms with Gasteiger partial charge in [0.25, 0.3) is 0 Å². The van der Waals surface area contributed by atoms with Crippen molar-refractivity contribution in [3.63, 3.8) is 0 Å². The normalized spacial score (nSPS) is 13.4. The van der Waals surface area contributed by atoms with E-state index in [9.17, 15) is 4.21 Å². The van der Waals surface area contributed by atoms with Crippen molar-refractivity contribution < 1.29 is 13.7 Å². The lowest BCUT2D eigenvalue weighted by atomic mass is 10.3. The molecule has 0 aliphatic heterocycles. The van der Waals surface area contributed by atoms with Crippen molar-refractivity contribution in [1.29, 1.82) is 4.78 Å². The summed E-state index contributed by atoms with van der Waals surface area (Å²) >= 11 is 5.80. The zero-order chi connectivity index (χ0) is 16.0. The average molecular weight is 340 g/mol. The molecule has 0 spiro atoms. The van der Waals surface area contributed by atoms with E-state index >= 15 is 0 Å². The van der Waals surface area contributed by atoms with Gasteiger partial charge in [0, 0.05) is 22.6 Å². The molecule has 2 aromatic rings. The molecule has 0 radical (unpaired) electrons. The molecule has 2 rings (SSSR count). The number of rotatable bonds is 7. The summed E-state index contributed by atoms with van der Waals surface area (Å²) in [5.41, 5.74) is 0. The van der Waals surface area contributed by atoms with E-state index in [2.05, 4.69) is 0 Å². The third kappa shape index (κ3) is 5.24. The van der Waals surface area contributed by atoms with Crippen LogP contribution in [0.15, 0.2) is 53.4 Å². The minimum Gasteiger partial charge on any atom is -0.493 e. The number of hydrogen-bond acceptors (Lipinski definition) is 4. The SMILES string of the molecule is CS(=N)(=O)c1ccc(OCCCOc2ccc(Cl)cc2)cc1. The summed E-state index contributed by atoms with van der Waals surface area (Å²) in [5.74, 6) is 1.47. The predicted molar refractivity (Wildman–Crippen MR) is 88.6 cm³/mol. The van der Waals surface area contributed by atoms with E-state index in [0.29, 0.717) is 28.9 Å². The molecule has 0 saturated carbocycles. The van der Waals surface area contributed by atoms with Crippen molar-refractivity contribution in [2.75, 3.05) is 19.5 Å². The molecule has 1 unspecified atom stereocenters. The van der Waals surface area contributed by atoms with Gasteiger partial charge < -0.3 is 9.47 Å². The molecule has 0 aliphatic rings. The number of halogens is 1. The molecule has 0 bridgehead atoms. The van der Waals surface area contributed by atoms with Gasteiger partial charge in [-0.05, 0) is 48.5 Å². The molecule has 2 aromatic carbocycles. The molecule has 1 N–H and O–H groups in total. The second kappa shape index (κ2) is 7.51. The zero-order valence-electron chi connectivity index (χ0n) is 12.3. The Morgan fingerprint density at radius 1 is 0.955 bits per heavy atom. The Morgan fingerprint density at radius 2 is 1.41 bits per heavy atom. The monoisotopic (exact) mass is 339 g/mol. The molecule has 0 heterocycles. The van der Waals surface area contributed by atoms with Gasteiger partial charge in [0.2, 0.25) is 0 Å². The minimum absolute atomic E-state index is 0.505. The van der Waals surface area contributed by atoms with E-state index in [1.165, 1.54) is 6.26 Å². The van der Waals surface area contributed by atoms with Crippen LogP contribution in [0.2, 0.25) is 5.02 Å². The Labute approximate surface area is 136 Å². The summed E-state index contributed by atoms with van der Waals surface area (Å²) in [5, 5.41) is 0.683. The summed E-state index contributed by atoms with van der Waals surface area (Å²) in [7, 11) is -2.67. The Balaban J connectivity index is 1.71. The molecule has 0 amide bonds. The van der Waals surface area contributed by atoms with Crippen LogP contribution in [-0.2, 0) is 9.73 Å². The van der Waals surface area contributed by atoms with Gasteiger partial charge in [0.15, 0.2) is 0 Å². The van der Waals surface area contributed by atoms with E-state index < -0.39 is 9.73 Å². The molecule has 22 heavy (non-hydrogen) atoms. The van der Waals surface area contributed by atoms with E-state index in [1.807, 2.05) is 12.1 Å². The van der Waals surface area contributed by atoms with Crippen LogP contribution >= 0.6 is 11.6 Å². The van der Waals surface area contributed by atoms with Crippen molar-refractivity contribution in [3.05, 3.63) is 53.6 Å². The molecular weight excluding hydrogens is 322 g/mol. The second-order valence-corrected chi connectivity index (χ2v) is 7.41. The standard InChI is InChI=1S/C16H18ClNO3S/c1-22(18,19)16-9-7-15(8-10-16)21-12-2-11-20-14-5-3-13(17)4-6-14/h3-10,18H,2,11-12H2,1H3. The summed E-state index contributed by atoms with van der Waals surface area (Å²) in [4.78, 5) is 0.505. The lowest BCUT2D eigenvalue weighted by Crippen LogP contribution is -2.05. The van der Waals surface area contributed by atoms with Crippen molar-refractivity contribution in [2.45, 2.75) is 11.3 Å². The van der Waals surface area contributed by atoms with Crippen LogP contribution in [0.5, 0.6) is 11.5 Å². The highest BCUT2D eigenvalue weighted by atomic mass is 35.5. The first-order valence-electron chi connectivity index (χ1n) is 6.80. The molecule has 6 heteroatoms. The quantitative estimate of drug-likeness (QED) is 0.768. The highest BCUT2D eigenvalue weighted by molar-refractivity contribution is 7.91. The van der Waals surface area contributed by atoms with Gasteiger partial charge in [0.1, 0.15) is 11.5 Å². The second-order valence-electron chi connectivity index (χ2n) is 4.82. The topological polar surface area (TPSA) is 59.4 Å². The summed E-state index contributed by atoms with van der Waals surface area (Å²) < 4.78 is 30.2. The largest absolute Gasteiger partial charge is 0.493 e. The van der Waals surface area contributed by atoms with Crippen molar-refractivity contribution >= 4 is 21.3 Å². The van der Waals surface area contributed by atoms with E-state index in [-0.39, 0.29) is 0 Å². The molecule has 1 atom stereocenters. The van der Waals surface area contributed by atoms with Crippen molar-refractivity contribution in [2.24, 2.45) is 0 Å². The van der Waals surface area contributed by atoms with Gasteiger partial charge in [0.05, 0.1) is 22.9 Å². The van der Waals surface area contributed by atoms with Gasteiger partial charge >= 0.3 is 0 Å². The Kier molecular flexibility index (Phi) is 5.69. The summed E-state index contributed by atoms with van der Waals surface area (Å²) in [6, 6.07) is 14.0. The molecular formula is C16H18ClNO3S.